The Bertz CT molecular complexity index is 2050. The quantitative estimate of drug-likeness (QED) is 0.0222. The van der Waals surface area contributed by atoms with Crippen LogP contribution < -0.4 is 64.6 Å². The van der Waals surface area contributed by atoms with Crippen molar-refractivity contribution in [2.24, 2.45) is 11.5 Å². The number of aromatic nitrogens is 2. The minimum absolute atomic E-state index is 0.00815. The number of hydrogen-bond donors (Lipinski definition) is 15. The summed E-state index contributed by atoms with van der Waals surface area (Å²) in [6, 6.07) is -6.48. The van der Waals surface area contributed by atoms with Gasteiger partial charge in [-0.3, -0.25) is 58.8 Å². The van der Waals surface area contributed by atoms with Crippen LogP contribution in [0.25, 0.3) is 0 Å². The molecule has 17 N–H and O–H groups in total. The van der Waals surface area contributed by atoms with Gasteiger partial charge in [-0.2, -0.15) is 0 Å². The second-order valence-electron chi connectivity index (χ2n) is 17.1. The van der Waals surface area contributed by atoms with Gasteiger partial charge in [-0.15, -0.1) is 0 Å². The lowest BCUT2D eigenvalue weighted by Crippen LogP contribution is -2.57. The summed E-state index contributed by atoms with van der Waals surface area (Å²) in [5.74, 6) is -6.59. The number of nitrogens with two attached hydrogens (primary N) is 2. The van der Waals surface area contributed by atoms with Crippen LogP contribution in [0.5, 0.6) is 0 Å². The number of nitrogens with one attached hydrogen (secondary N) is 13. The molecule has 1 aromatic rings. The second kappa shape index (κ2) is 28.1. The zero-order chi connectivity index (χ0) is 51.2. The fourth-order valence-electron chi connectivity index (χ4n) is 8.03. The number of likely N-dealkylation sites (tertiary alicyclic amines) is 2. The molecule has 3 aliphatic rings. The van der Waals surface area contributed by atoms with Crippen LogP contribution >= 0.6 is 0 Å². The van der Waals surface area contributed by atoms with Gasteiger partial charge in [0.2, 0.25) is 59.1 Å². The van der Waals surface area contributed by atoms with Gasteiger partial charge in [0.15, 0.2) is 11.9 Å². The van der Waals surface area contributed by atoms with Crippen molar-refractivity contribution in [3.63, 3.8) is 0 Å². The Morgan fingerprint density at radius 3 is 1.96 bits per heavy atom. The Morgan fingerprint density at radius 2 is 1.34 bits per heavy atom. The van der Waals surface area contributed by atoms with Crippen molar-refractivity contribution in [2.45, 2.75) is 120 Å². The lowest BCUT2D eigenvalue weighted by molar-refractivity contribution is -0.142. The molecular formula is C42H68N18O10. The Hall–Kier alpha value is -7.55. The van der Waals surface area contributed by atoms with Crippen LogP contribution in [0, 0.1) is 10.8 Å². The van der Waals surface area contributed by atoms with Crippen LogP contribution in [0.2, 0.25) is 0 Å². The van der Waals surface area contributed by atoms with Crippen LogP contribution in [-0.4, -0.2) is 179 Å². The number of imidazole rings is 1. The molecular weight excluding hydrogens is 917 g/mol. The Labute approximate surface area is 404 Å². The van der Waals surface area contributed by atoms with E-state index in [0.717, 1.165) is 12.8 Å². The summed E-state index contributed by atoms with van der Waals surface area (Å²) in [5, 5.41) is 40.6. The number of aromatic amines is 1. The molecule has 0 bridgehead atoms. The van der Waals surface area contributed by atoms with Crippen molar-refractivity contribution in [2.75, 3.05) is 52.4 Å². The third-order valence-electron chi connectivity index (χ3n) is 11.8. The van der Waals surface area contributed by atoms with Crippen molar-refractivity contribution >= 4 is 71.0 Å². The normalized spacial score (nSPS) is 17.9. The molecule has 3 saturated heterocycles. The molecule has 0 aliphatic carbocycles. The van der Waals surface area contributed by atoms with Crippen molar-refractivity contribution in [3.8, 4) is 0 Å². The van der Waals surface area contributed by atoms with E-state index in [1.54, 1.807) is 11.8 Å². The van der Waals surface area contributed by atoms with Gasteiger partial charge in [0, 0.05) is 51.8 Å². The van der Waals surface area contributed by atoms with E-state index in [9.17, 15) is 47.9 Å². The molecule has 28 nitrogen and oxygen atoms in total. The molecule has 0 unspecified atom stereocenters. The number of nitrogens with zero attached hydrogens (tertiary/aromatic N) is 3. The average Bonchev–Trinajstić information content (AvgIpc) is 4.19. The van der Waals surface area contributed by atoms with E-state index in [4.69, 9.17) is 22.3 Å². The summed E-state index contributed by atoms with van der Waals surface area (Å²) >= 11 is 0. The number of guanidine groups is 2. The van der Waals surface area contributed by atoms with Crippen molar-refractivity contribution in [3.05, 3.63) is 18.2 Å². The molecule has 28 heteroatoms. The van der Waals surface area contributed by atoms with Gasteiger partial charge in [0.05, 0.1) is 31.7 Å². The van der Waals surface area contributed by atoms with Crippen molar-refractivity contribution in [1.82, 2.24) is 72.9 Å². The highest BCUT2D eigenvalue weighted by Crippen LogP contribution is 2.21. The summed E-state index contributed by atoms with van der Waals surface area (Å²) in [5.41, 5.74) is 11.2. The maximum absolute atomic E-state index is 14.0. The minimum atomic E-state index is -1.24. The van der Waals surface area contributed by atoms with Gasteiger partial charge < -0.3 is 79.4 Å². The third kappa shape index (κ3) is 18.2. The summed E-state index contributed by atoms with van der Waals surface area (Å²) in [7, 11) is 0. The van der Waals surface area contributed by atoms with Crippen molar-refractivity contribution in [1.29, 1.82) is 10.8 Å². The van der Waals surface area contributed by atoms with Gasteiger partial charge in [-0.05, 0) is 64.2 Å². The molecule has 386 valence electrons. The SMILES string of the molecule is CC[C@H](NC(=O)[C@H](Cc1c[nH]cn1)NC(=O)CNC(=O)CNC(=O)[C@H](CCCNC(=N)N)NC(=O)[C@@H]1CCCN1C(=O)[C@H](CCCNC(=N)N)NC(=O)[C@@H]1CCC(=O)N1)C(=O)NCC(=O)N1CCCC1. The zero-order valence-electron chi connectivity index (χ0n) is 39.3. The Kier molecular flexibility index (Phi) is 22.1. The lowest BCUT2D eigenvalue weighted by atomic mass is 10.1. The largest absolute Gasteiger partial charge is 0.370 e. The van der Waals surface area contributed by atoms with Crippen LogP contribution in [0.1, 0.15) is 83.2 Å². The van der Waals surface area contributed by atoms with Crippen LogP contribution in [-0.2, 0) is 54.4 Å². The maximum atomic E-state index is 14.0. The van der Waals surface area contributed by atoms with Gasteiger partial charge >= 0.3 is 0 Å². The second-order valence-corrected chi connectivity index (χ2v) is 17.1. The molecule has 10 amide bonds. The molecule has 70 heavy (non-hydrogen) atoms. The van der Waals surface area contributed by atoms with Crippen LogP contribution in [0.3, 0.4) is 0 Å². The van der Waals surface area contributed by atoms with Crippen molar-refractivity contribution < 1.29 is 47.9 Å². The molecule has 0 aromatic carbocycles. The lowest BCUT2D eigenvalue weighted by Gasteiger charge is -2.30. The van der Waals surface area contributed by atoms with Gasteiger partial charge in [0.1, 0.15) is 36.3 Å². The van der Waals surface area contributed by atoms with E-state index >= 15 is 0 Å². The highest BCUT2D eigenvalue weighted by atomic mass is 16.2. The number of H-pyrrole nitrogens is 1. The summed E-state index contributed by atoms with van der Waals surface area (Å²) < 4.78 is 0. The molecule has 1 aromatic heterocycles. The van der Waals surface area contributed by atoms with E-state index in [-0.39, 0.29) is 101 Å². The number of hydrogen-bond acceptors (Lipinski definition) is 13. The fourth-order valence-corrected chi connectivity index (χ4v) is 8.03. The molecule has 3 aliphatic heterocycles. The van der Waals surface area contributed by atoms with E-state index in [0.29, 0.717) is 31.6 Å². The smallest absolute Gasteiger partial charge is 0.245 e. The molecule has 4 rings (SSSR count). The first kappa shape index (κ1) is 55.0. The summed E-state index contributed by atoms with van der Waals surface area (Å²) in [6.07, 6.45) is 6.47. The number of carbonyl (C=O) groups excluding carboxylic acids is 10. The van der Waals surface area contributed by atoms with Gasteiger partial charge in [-0.1, -0.05) is 6.92 Å². The number of rotatable bonds is 27. The topological polar surface area (TPSA) is 426 Å². The highest BCUT2D eigenvalue weighted by Gasteiger charge is 2.40. The molecule has 4 heterocycles. The Balaban J connectivity index is 1.33. The first-order chi connectivity index (χ1) is 33.4. The van der Waals surface area contributed by atoms with Gasteiger partial charge in [0.25, 0.3) is 0 Å². The third-order valence-corrected chi connectivity index (χ3v) is 11.8. The van der Waals surface area contributed by atoms with E-state index in [2.05, 4.69) is 63.1 Å². The average molecular weight is 985 g/mol. The molecule has 0 spiro atoms. The first-order valence-corrected chi connectivity index (χ1v) is 23.5. The number of carbonyl (C=O) groups is 10. The summed E-state index contributed by atoms with van der Waals surface area (Å²) in [4.78, 5) is 141. The van der Waals surface area contributed by atoms with E-state index < -0.39 is 96.6 Å². The highest BCUT2D eigenvalue weighted by molar-refractivity contribution is 5.98. The molecule has 6 atom stereocenters. The molecule has 3 fully saturated rings. The monoisotopic (exact) mass is 985 g/mol. The predicted molar refractivity (Wildman–Crippen MR) is 249 cm³/mol. The zero-order valence-corrected chi connectivity index (χ0v) is 39.3. The van der Waals surface area contributed by atoms with E-state index in [1.807, 2.05) is 0 Å². The van der Waals surface area contributed by atoms with Crippen LogP contribution in [0.4, 0.5) is 0 Å². The molecule has 0 radical (unpaired) electrons. The fraction of sp³-hybridized carbons (Fsp3) is 0.643. The van der Waals surface area contributed by atoms with Crippen LogP contribution in [0.15, 0.2) is 12.5 Å². The number of amides is 10. The minimum Gasteiger partial charge on any atom is -0.370 e. The van der Waals surface area contributed by atoms with Gasteiger partial charge in [-0.25, -0.2) is 4.98 Å². The maximum Gasteiger partial charge on any atom is 0.245 e. The Morgan fingerprint density at radius 1 is 0.714 bits per heavy atom. The predicted octanol–water partition coefficient (Wildman–Crippen LogP) is -5.93. The van der Waals surface area contributed by atoms with E-state index in [1.165, 1.54) is 17.4 Å². The molecule has 0 saturated carbocycles. The first-order valence-electron chi connectivity index (χ1n) is 23.5. The summed E-state index contributed by atoms with van der Waals surface area (Å²) in [6.45, 7) is 1.95. The standard InChI is InChI=1S/C42H68N18O10/c1-2-25(35(65)52-22-34(64)59-15-3-4-16-59)56-38(68)29(18-24-19-47-23-53-24)55-33(63)21-50-32(62)20-51-36(66)26(8-5-13-48-41(43)44)57-39(69)30-10-7-17-60(30)40(70)28(9-6-14-49-42(45)46)58-37(67)27-11-12-31(61)54-27/h19,23,25-30H,2-18,20-22H2,1H3,(H,47,53)(H,50,62)(H,51,66)(H,52,65)(H,54,61)(H,55,63)(H,56,68)(H,57,69)(H,58,67)(H4,43,44,48)(H4,45,46,49)/t25-,26-,27-,28-,29-,30-/m0/s1.